The number of hydrogen-bond donors (Lipinski definition) is 2. The first-order valence-electron chi connectivity index (χ1n) is 9.50. The Kier molecular flexibility index (Phi) is 8.44. The smallest absolute Gasteiger partial charge is 0.251 e. The average molecular weight is 466 g/mol. The quantitative estimate of drug-likeness (QED) is 0.537. The molecule has 0 atom stereocenters. The van der Waals surface area contributed by atoms with Gasteiger partial charge in [-0.15, -0.1) is 0 Å². The van der Waals surface area contributed by atoms with Crippen LogP contribution in [0.1, 0.15) is 15.9 Å². The van der Waals surface area contributed by atoms with Gasteiger partial charge in [0.05, 0.1) is 32.8 Å². The van der Waals surface area contributed by atoms with E-state index in [1.165, 1.54) is 59.7 Å². The van der Waals surface area contributed by atoms with Crippen molar-refractivity contribution in [2.24, 2.45) is 0 Å². The molecular weight excluding hydrogens is 438 g/mol. The molecule has 11 heteroatoms. The van der Waals surface area contributed by atoms with Crippen molar-refractivity contribution < 1.29 is 32.2 Å². The number of sulfonamides is 1. The van der Waals surface area contributed by atoms with Gasteiger partial charge in [-0.1, -0.05) is 6.07 Å². The first kappa shape index (κ1) is 25.0. The standard InChI is InChI=1S/C21H27N3O7S/c1-24(2)32(27,28)16-8-6-7-14(9-16)21(26)23-13-20(25)22-12-15-10-18(30-4)19(31-5)11-17(15)29-3/h6-11H,12-13H2,1-5H3,(H,22,25)(H,23,26). The van der Waals surface area contributed by atoms with Crippen molar-refractivity contribution in [1.29, 1.82) is 0 Å². The van der Waals surface area contributed by atoms with Gasteiger partial charge in [0.2, 0.25) is 15.9 Å². The summed E-state index contributed by atoms with van der Waals surface area (Å²) in [5.41, 5.74) is 0.786. The highest BCUT2D eigenvalue weighted by atomic mass is 32.2. The van der Waals surface area contributed by atoms with Gasteiger partial charge in [-0.25, -0.2) is 12.7 Å². The van der Waals surface area contributed by atoms with Crippen LogP contribution in [0, 0.1) is 0 Å². The molecule has 0 saturated heterocycles. The first-order valence-corrected chi connectivity index (χ1v) is 10.9. The molecule has 0 aliphatic heterocycles. The van der Waals surface area contributed by atoms with Crippen LogP contribution in [0.2, 0.25) is 0 Å². The number of benzene rings is 2. The van der Waals surface area contributed by atoms with E-state index in [1.807, 2.05) is 0 Å². The summed E-state index contributed by atoms with van der Waals surface area (Å²) in [5.74, 6) is 0.474. The van der Waals surface area contributed by atoms with E-state index in [2.05, 4.69) is 10.6 Å². The Bertz CT molecular complexity index is 1080. The second kappa shape index (κ2) is 10.8. The van der Waals surface area contributed by atoms with Crippen LogP contribution < -0.4 is 24.8 Å². The number of ether oxygens (including phenoxy) is 3. The third-order valence-corrected chi connectivity index (χ3v) is 6.36. The summed E-state index contributed by atoms with van der Waals surface area (Å²) < 4.78 is 41.3. The van der Waals surface area contributed by atoms with Crippen LogP contribution in [-0.2, 0) is 21.4 Å². The minimum atomic E-state index is -3.68. The molecule has 2 N–H and O–H groups in total. The van der Waals surface area contributed by atoms with Crippen molar-refractivity contribution in [2.75, 3.05) is 42.0 Å². The zero-order chi connectivity index (χ0) is 23.9. The molecule has 0 aliphatic rings. The summed E-state index contributed by atoms with van der Waals surface area (Å²) in [6.07, 6.45) is 0. The first-order chi connectivity index (χ1) is 15.1. The number of rotatable bonds is 10. The van der Waals surface area contributed by atoms with Gasteiger partial charge in [-0.2, -0.15) is 0 Å². The Morgan fingerprint density at radius 3 is 2.12 bits per heavy atom. The highest BCUT2D eigenvalue weighted by Crippen LogP contribution is 2.34. The predicted octanol–water partition coefficient (Wildman–Crippen LogP) is 1.01. The molecule has 2 amide bonds. The molecular formula is C21H27N3O7S. The minimum Gasteiger partial charge on any atom is -0.496 e. The lowest BCUT2D eigenvalue weighted by molar-refractivity contribution is -0.120. The highest BCUT2D eigenvalue weighted by molar-refractivity contribution is 7.89. The number of amides is 2. The topological polar surface area (TPSA) is 123 Å². The largest absolute Gasteiger partial charge is 0.496 e. The predicted molar refractivity (Wildman–Crippen MR) is 118 cm³/mol. The van der Waals surface area contributed by atoms with Crippen LogP contribution in [-0.4, -0.2) is 66.5 Å². The molecule has 0 saturated carbocycles. The number of carbonyl (C=O) groups excluding carboxylic acids is 2. The summed E-state index contributed by atoms with van der Waals surface area (Å²) in [6, 6.07) is 8.93. The minimum absolute atomic E-state index is 0.0138. The SMILES string of the molecule is COc1cc(OC)c(OC)cc1CNC(=O)CNC(=O)c1cccc(S(=O)(=O)N(C)C)c1. The number of hydrogen-bond acceptors (Lipinski definition) is 7. The fraction of sp³-hybridized carbons (Fsp3) is 0.333. The van der Waals surface area contributed by atoms with Crippen LogP contribution in [0.4, 0.5) is 0 Å². The zero-order valence-corrected chi connectivity index (χ0v) is 19.4. The van der Waals surface area contributed by atoms with E-state index in [1.54, 1.807) is 12.1 Å². The number of carbonyl (C=O) groups is 2. The fourth-order valence-electron chi connectivity index (χ4n) is 2.76. The lowest BCUT2D eigenvalue weighted by atomic mass is 10.1. The van der Waals surface area contributed by atoms with E-state index >= 15 is 0 Å². The molecule has 0 spiro atoms. The van der Waals surface area contributed by atoms with Gasteiger partial charge in [-0.05, 0) is 24.3 Å². The van der Waals surface area contributed by atoms with Gasteiger partial charge in [0.1, 0.15) is 5.75 Å². The maximum atomic E-state index is 12.4. The molecule has 0 radical (unpaired) electrons. The lowest BCUT2D eigenvalue weighted by Gasteiger charge is -2.15. The third kappa shape index (κ3) is 5.89. The molecule has 0 heterocycles. The van der Waals surface area contributed by atoms with E-state index in [0.717, 1.165) is 4.31 Å². The second-order valence-electron chi connectivity index (χ2n) is 6.79. The van der Waals surface area contributed by atoms with Crippen molar-refractivity contribution in [3.63, 3.8) is 0 Å². The number of nitrogens with zero attached hydrogens (tertiary/aromatic N) is 1. The maximum absolute atomic E-state index is 12.4. The van der Waals surface area contributed by atoms with E-state index in [4.69, 9.17) is 14.2 Å². The van der Waals surface area contributed by atoms with Crippen molar-refractivity contribution in [1.82, 2.24) is 14.9 Å². The molecule has 0 aliphatic carbocycles. The lowest BCUT2D eigenvalue weighted by Crippen LogP contribution is -2.36. The van der Waals surface area contributed by atoms with Gasteiger partial charge < -0.3 is 24.8 Å². The van der Waals surface area contributed by atoms with Gasteiger partial charge in [0.25, 0.3) is 5.91 Å². The van der Waals surface area contributed by atoms with Crippen LogP contribution in [0.25, 0.3) is 0 Å². The van der Waals surface area contributed by atoms with Crippen LogP contribution in [0.5, 0.6) is 17.2 Å². The van der Waals surface area contributed by atoms with Crippen LogP contribution >= 0.6 is 0 Å². The Morgan fingerprint density at radius 1 is 0.906 bits per heavy atom. The van der Waals surface area contributed by atoms with Crippen LogP contribution in [0.3, 0.4) is 0 Å². The number of nitrogens with one attached hydrogen (secondary N) is 2. The normalized spacial score (nSPS) is 11.1. The summed E-state index contributed by atoms with van der Waals surface area (Å²) in [4.78, 5) is 24.6. The molecule has 0 bridgehead atoms. The Hall–Kier alpha value is -3.31. The Labute approximate surface area is 187 Å². The van der Waals surface area contributed by atoms with E-state index < -0.39 is 21.8 Å². The van der Waals surface area contributed by atoms with Crippen molar-refractivity contribution >= 4 is 21.8 Å². The molecule has 0 fully saturated rings. The molecule has 0 aromatic heterocycles. The van der Waals surface area contributed by atoms with Gasteiger partial charge >= 0.3 is 0 Å². The van der Waals surface area contributed by atoms with Crippen molar-refractivity contribution in [3.05, 3.63) is 47.5 Å². The van der Waals surface area contributed by atoms with E-state index in [0.29, 0.717) is 22.8 Å². The van der Waals surface area contributed by atoms with Crippen molar-refractivity contribution in [3.8, 4) is 17.2 Å². The Balaban J connectivity index is 2.00. The third-order valence-electron chi connectivity index (χ3n) is 4.55. The van der Waals surface area contributed by atoms with Gasteiger partial charge in [0.15, 0.2) is 11.5 Å². The zero-order valence-electron chi connectivity index (χ0n) is 18.6. The molecule has 2 aromatic carbocycles. The molecule has 174 valence electrons. The average Bonchev–Trinajstić information content (AvgIpc) is 2.80. The molecule has 10 nitrogen and oxygen atoms in total. The van der Waals surface area contributed by atoms with Crippen LogP contribution in [0.15, 0.2) is 41.3 Å². The monoisotopic (exact) mass is 465 g/mol. The summed E-state index contributed by atoms with van der Waals surface area (Å²) in [5, 5.41) is 5.16. The molecule has 0 unspecified atom stereocenters. The van der Waals surface area contributed by atoms with Crippen molar-refractivity contribution in [2.45, 2.75) is 11.4 Å². The van der Waals surface area contributed by atoms with E-state index in [-0.39, 0.29) is 23.5 Å². The molecule has 32 heavy (non-hydrogen) atoms. The Morgan fingerprint density at radius 2 is 1.53 bits per heavy atom. The molecule has 2 rings (SSSR count). The maximum Gasteiger partial charge on any atom is 0.251 e. The summed E-state index contributed by atoms with van der Waals surface area (Å²) in [7, 11) is 3.63. The number of methoxy groups -OCH3 is 3. The fourth-order valence-corrected chi connectivity index (χ4v) is 3.71. The summed E-state index contributed by atoms with van der Waals surface area (Å²) in [6.45, 7) is -0.159. The van der Waals surface area contributed by atoms with Gasteiger partial charge in [0, 0.05) is 37.8 Å². The second-order valence-corrected chi connectivity index (χ2v) is 8.95. The van der Waals surface area contributed by atoms with E-state index in [9.17, 15) is 18.0 Å². The summed E-state index contributed by atoms with van der Waals surface area (Å²) >= 11 is 0. The highest BCUT2D eigenvalue weighted by Gasteiger charge is 2.19. The molecule has 2 aromatic rings. The van der Waals surface area contributed by atoms with Gasteiger partial charge in [-0.3, -0.25) is 9.59 Å².